The summed E-state index contributed by atoms with van der Waals surface area (Å²) in [5, 5.41) is 6.25. The van der Waals surface area contributed by atoms with Gasteiger partial charge in [-0.25, -0.2) is 9.37 Å². The van der Waals surface area contributed by atoms with Crippen LogP contribution in [0.15, 0.2) is 67.3 Å². The molecule has 0 bridgehead atoms. The molecule has 7 nitrogen and oxygen atoms in total. The smallest absolute Gasteiger partial charge is 0.222 e. The number of rotatable bonds is 7. The Bertz CT molecular complexity index is 1140. The third-order valence-electron chi connectivity index (χ3n) is 4.70. The van der Waals surface area contributed by atoms with Gasteiger partial charge < -0.3 is 10.6 Å². The molecule has 0 radical (unpaired) electrons. The van der Waals surface area contributed by atoms with Gasteiger partial charge >= 0.3 is 0 Å². The fourth-order valence-corrected chi connectivity index (χ4v) is 3.20. The van der Waals surface area contributed by atoms with Gasteiger partial charge in [-0.3, -0.25) is 19.2 Å². The average molecular weight is 404 g/mol. The Labute approximate surface area is 173 Å². The number of anilines is 1. The second-order valence-electron chi connectivity index (χ2n) is 6.84. The van der Waals surface area contributed by atoms with Crippen LogP contribution in [0, 0.1) is 5.82 Å². The SMILES string of the molecule is C[C@H](NC(=O)CCNc1c(-c2ccc(F)cc2)nc2cnccn12)c1ccccn1. The molecule has 1 atom stereocenters. The molecular weight excluding hydrogens is 383 g/mol. The van der Waals surface area contributed by atoms with Crippen molar-refractivity contribution in [2.45, 2.75) is 19.4 Å². The zero-order valence-corrected chi connectivity index (χ0v) is 16.4. The van der Waals surface area contributed by atoms with E-state index in [1.807, 2.05) is 29.5 Å². The number of nitrogens with one attached hydrogen (secondary N) is 2. The van der Waals surface area contributed by atoms with Gasteiger partial charge in [-0.05, 0) is 43.3 Å². The zero-order valence-electron chi connectivity index (χ0n) is 16.4. The summed E-state index contributed by atoms with van der Waals surface area (Å²) in [5.74, 6) is 0.335. The molecular formula is C22H21FN6O. The Morgan fingerprint density at radius 2 is 2.00 bits per heavy atom. The molecule has 8 heteroatoms. The number of fused-ring (bicyclic) bond motifs is 1. The first-order valence-corrected chi connectivity index (χ1v) is 9.64. The van der Waals surface area contributed by atoms with Crippen molar-refractivity contribution in [1.29, 1.82) is 0 Å². The maximum absolute atomic E-state index is 13.3. The van der Waals surface area contributed by atoms with Gasteiger partial charge in [-0.2, -0.15) is 0 Å². The van der Waals surface area contributed by atoms with Crippen molar-refractivity contribution in [2.75, 3.05) is 11.9 Å². The molecule has 0 aliphatic carbocycles. The molecule has 2 N–H and O–H groups in total. The van der Waals surface area contributed by atoms with Crippen LogP contribution in [0.5, 0.6) is 0 Å². The van der Waals surface area contributed by atoms with E-state index in [0.29, 0.717) is 17.9 Å². The maximum Gasteiger partial charge on any atom is 0.222 e. The third kappa shape index (κ3) is 4.27. The highest BCUT2D eigenvalue weighted by molar-refractivity contribution is 5.78. The van der Waals surface area contributed by atoms with Crippen LogP contribution in [0.4, 0.5) is 10.2 Å². The van der Waals surface area contributed by atoms with Crippen LogP contribution in [0.25, 0.3) is 16.9 Å². The summed E-state index contributed by atoms with van der Waals surface area (Å²) < 4.78 is 15.2. The molecule has 0 saturated carbocycles. The van der Waals surface area contributed by atoms with Gasteiger partial charge in [-0.1, -0.05) is 6.07 Å². The van der Waals surface area contributed by atoms with Crippen molar-refractivity contribution in [3.8, 4) is 11.3 Å². The minimum atomic E-state index is -0.308. The van der Waals surface area contributed by atoms with Crippen molar-refractivity contribution >= 4 is 17.4 Å². The van der Waals surface area contributed by atoms with E-state index < -0.39 is 0 Å². The van der Waals surface area contributed by atoms with Crippen LogP contribution in [0.2, 0.25) is 0 Å². The molecule has 0 fully saturated rings. The van der Waals surface area contributed by atoms with Crippen molar-refractivity contribution in [3.63, 3.8) is 0 Å². The first kappa shape index (κ1) is 19.5. The van der Waals surface area contributed by atoms with Gasteiger partial charge in [0.25, 0.3) is 0 Å². The Morgan fingerprint density at radius 3 is 2.77 bits per heavy atom. The average Bonchev–Trinajstić information content (AvgIpc) is 3.13. The number of aromatic nitrogens is 4. The van der Waals surface area contributed by atoms with Crippen molar-refractivity contribution in [3.05, 3.63) is 78.8 Å². The van der Waals surface area contributed by atoms with Crippen LogP contribution in [-0.2, 0) is 4.79 Å². The number of benzene rings is 1. The van der Waals surface area contributed by atoms with Crippen molar-refractivity contribution in [1.82, 2.24) is 24.7 Å². The number of carbonyl (C=O) groups excluding carboxylic acids is 1. The summed E-state index contributed by atoms with van der Waals surface area (Å²) in [6.45, 7) is 2.31. The van der Waals surface area contributed by atoms with Crippen molar-refractivity contribution in [2.24, 2.45) is 0 Å². The molecule has 4 aromatic rings. The van der Waals surface area contributed by atoms with E-state index in [1.54, 1.807) is 36.9 Å². The standard InChI is InChI=1S/C22H21FN6O/c1-15(18-4-2-3-10-25-18)27-20(30)9-11-26-22-21(16-5-7-17(23)8-6-16)28-19-14-24-12-13-29(19)22/h2-8,10,12-15,26H,9,11H2,1H3,(H,27,30)/t15-/m0/s1. The molecule has 0 saturated heterocycles. The Kier molecular flexibility index (Phi) is 5.65. The highest BCUT2D eigenvalue weighted by atomic mass is 19.1. The summed E-state index contributed by atoms with van der Waals surface area (Å²) in [6.07, 6.45) is 7.09. The first-order chi connectivity index (χ1) is 14.6. The van der Waals surface area contributed by atoms with E-state index in [4.69, 9.17) is 0 Å². The number of nitrogens with zero attached hydrogens (tertiary/aromatic N) is 4. The molecule has 1 aromatic carbocycles. The first-order valence-electron chi connectivity index (χ1n) is 9.64. The van der Waals surface area contributed by atoms with Gasteiger partial charge in [0, 0.05) is 37.1 Å². The predicted octanol–water partition coefficient (Wildman–Crippen LogP) is 3.61. The van der Waals surface area contributed by atoms with Crippen LogP contribution < -0.4 is 10.6 Å². The van der Waals surface area contributed by atoms with Crippen molar-refractivity contribution < 1.29 is 9.18 Å². The number of carbonyl (C=O) groups is 1. The number of imidazole rings is 1. The number of hydrogen-bond donors (Lipinski definition) is 2. The maximum atomic E-state index is 13.3. The van der Waals surface area contributed by atoms with E-state index in [1.165, 1.54) is 12.1 Å². The van der Waals surface area contributed by atoms with Crippen LogP contribution in [0.1, 0.15) is 25.1 Å². The van der Waals surface area contributed by atoms with Gasteiger partial charge in [0.05, 0.1) is 17.9 Å². The van der Waals surface area contributed by atoms with Gasteiger partial charge in [-0.15, -0.1) is 0 Å². The highest BCUT2D eigenvalue weighted by Crippen LogP contribution is 2.28. The van der Waals surface area contributed by atoms with E-state index in [0.717, 1.165) is 17.1 Å². The largest absolute Gasteiger partial charge is 0.369 e. The summed E-state index contributed by atoms with van der Waals surface area (Å²) in [5.41, 5.74) is 2.92. The number of halogens is 1. The Balaban J connectivity index is 1.46. The highest BCUT2D eigenvalue weighted by Gasteiger charge is 2.15. The second-order valence-corrected chi connectivity index (χ2v) is 6.84. The van der Waals surface area contributed by atoms with Gasteiger partial charge in [0.1, 0.15) is 17.3 Å². The lowest BCUT2D eigenvalue weighted by Gasteiger charge is -2.14. The van der Waals surface area contributed by atoms with Crippen LogP contribution in [-0.4, -0.2) is 31.8 Å². The molecule has 3 heterocycles. The van der Waals surface area contributed by atoms with E-state index in [9.17, 15) is 9.18 Å². The monoisotopic (exact) mass is 404 g/mol. The Morgan fingerprint density at radius 1 is 1.17 bits per heavy atom. The molecule has 1 amide bonds. The molecule has 30 heavy (non-hydrogen) atoms. The third-order valence-corrected chi connectivity index (χ3v) is 4.70. The summed E-state index contributed by atoms with van der Waals surface area (Å²) in [4.78, 5) is 25.3. The lowest BCUT2D eigenvalue weighted by atomic mass is 10.1. The molecule has 0 aliphatic rings. The van der Waals surface area contributed by atoms with E-state index in [-0.39, 0.29) is 24.2 Å². The van der Waals surface area contributed by atoms with Crippen LogP contribution in [0.3, 0.4) is 0 Å². The van der Waals surface area contributed by atoms with E-state index in [2.05, 4.69) is 25.6 Å². The Hall–Kier alpha value is -3.81. The number of hydrogen-bond acceptors (Lipinski definition) is 5. The minimum absolute atomic E-state index is 0.0838. The topological polar surface area (TPSA) is 84.2 Å². The molecule has 3 aromatic heterocycles. The number of amides is 1. The zero-order chi connectivity index (χ0) is 20.9. The summed E-state index contributed by atoms with van der Waals surface area (Å²) in [6, 6.07) is 11.6. The quantitative estimate of drug-likeness (QED) is 0.492. The molecule has 4 rings (SSSR count). The summed E-state index contributed by atoms with van der Waals surface area (Å²) >= 11 is 0. The predicted molar refractivity (Wildman–Crippen MR) is 112 cm³/mol. The number of pyridine rings is 1. The fourth-order valence-electron chi connectivity index (χ4n) is 3.20. The van der Waals surface area contributed by atoms with Gasteiger partial charge in [0.15, 0.2) is 5.65 Å². The minimum Gasteiger partial charge on any atom is -0.369 e. The van der Waals surface area contributed by atoms with Crippen LogP contribution >= 0.6 is 0 Å². The summed E-state index contributed by atoms with van der Waals surface area (Å²) in [7, 11) is 0. The second kappa shape index (κ2) is 8.69. The lowest BCUT2D eigenvalue weighted by Crippen LogP contribution is -2.28. The normalized spacial score (nSPS) is 11.9. The molecule has 152 valence electrons. The molecule has 0 unspecified atom stereocenters. The van der Waals surface area contributed by atoms with Gasteiger partial charge in [0.2, 0.25) is 5.91 Å². The molecule has 0 spiro atoms. The molecule has 0 aliphatic heterocycles. The fraction of sp³-hybridized carbons (Fsp3) is 0.182. The lowest BCUT2D eigenvalue weighted by molar-refractivity contribution is -0.121. The van der Waals surface area contributed by atoms with E-state index >= 15 is 0 Å².